The summed E-state index contributed by atoms with van der Waals surface area (Å²) in [5.41, 5.74) is 1.07. The van der Waals surface area contributed by atoms with Crippen LogP contribution in [0.4, 0.5) is 0 Å². The van der Waals surface area contributed by atoms with Gasteiger partial charge in [-0.05, 0) is 31.4 Å². The molecule has 0 bridgehead atoms. The summed E-state index contributed by atoms with van der Waals surface area (Å²) in [6.07, 6.45) is 9.27. The molecule has 1 nitrogen and oxygen atoms in total. The maximum atomic E-state index is 4.19. The second kappa shape index (κ2) is 5.53. The van der Waals surface area contributed by atoms with E-state index in [9.17, 15) is 0 Å². The minimum Gasteiger partial charge on any atom is -0.261 e. The number of hydrogen-bond acceptors (Lipinski definition) is 1. The third-order valence-corrected chi connectivity index (χ3v) is 1.65. The van der Waals surface area contributed by atoms with Crippen LogP contribution in [0.1, 0.15) is 25.0 Å². The summed E-state index contributed by atoms with van der Waals surface area (Å²) >= 11 is 0. The molecule has 1 radical (unpaired) electrons. The number of hydrogen-bond donors (Lipinski definition) is 0. The summed E-state index contributed by atoms with van der Waals surface area (Å²) in [4.78, 5) is 4.19. The minimum absolute atomic E-state index is 1.07. The van der Waals surface area contributed by atoms with Crippen molar-refractivity contribution in [2.24, 2.45) is 0 Å². The Kier molecular flexibility index (Phi) is 4.14. The van der Waals surface area contributed by atoms with Crippen LogP contribution in [0.5, 0.6) is 0 Å². The molecule has 0 N–H and O–H groups in total. The van der Waals surface area contributed by atoms with E-state index in [2.05, 4.69) is 18.0 Å². The Morgan fingerprint density at radius 3 is 2.92 bits per heavy atom. The predicted octanol–water partition coefficient (Wildman–Crippen LogP) is 2.99. The molecular formula is C11H14N. The van der Waals surface area contributed by atoms with Crippen molar-refractivity contribution < 1.29 is 0 Å². The highest BCUT2D eigenvalue weighted by Gasteiger charge is 1.91. The largest absolute Gasteiger partial charge is 0.261 e. The van der Waals surface area contributed by atoms with Gasteiger partial charge in [-0.1, -0.05) is 12.1 Å². The lowest BCUT2D eigenvalue weighted by Gasteiger charge is -1.97. The lowest BCUT2D eigenvalue weighted by Crippen LogP contribution is -1.85. The zero-order chi connectivity index (χ0) is 8.65. The van der Waals surface area contributed by atoms with Crippen LogP contribution >= 0.6 is 0 Å². The number of rotatable bonds is 5. The fraction of sp³-hybridized carbons (Fsp3) is 0.273. The van der Waals surface area contributed by atoms with Crippen LogP contribution in [-0.2, 0) is 0 Å². The molecule has 1 aromatic heterocycles. The summed E-state index contributed by atoms with van der Waals surface area (Å²) in [7, 11) is 0. The van der Waals surface area contributed by atoms with E-state index in [0.29, 0.717) is 0 Å². The Morgan fingerprint density at radius 2 is 2.25 bits per heavy atom. The molecule has 0 saturated heterocycles. The van der Waals surface area contributed by atoms with Gasteiger partial charge in [0.25, 0.3) is 0 Å². The van der Waals surface area contributed by atoms with E-state index in [1.54, 1.807) is 0 Å². The first-order valence-corrected chi connectivity index (χ1v) is 4.28. The molecule has 0 spiro atoms. The van der Waals surface area contributed by atoms with E-state index in [0.717, 1.165) is 18.5 Å². The average molecular weight is 160 g/mol. The van der Waals surface area contributed by atoms with Crippen LogP contribution in [0, 0.1) is 6.42 Å². The molecule has 1 heterocycles. The van der Waals surface area contributed by atoms with Gasteiger partial charge < -0.3 is 0 Å². The third-order valence-electron chi connectivity index (χ3n) is 1.65. The van der Waals surface area contributed by atoms with Gasteiger partial charge >= 0.3 is 0 Å². The highest BCUT2D eigenvalue weighted by atomic mass is 14.7. The van der Waals surface area contributed by atoms with Gasteiger partial charge in [-0.25, -0.2) is 0 Å². The molecule has 0 aromatic carbocycles. The van der Waals surface area contributed by atoms with Gasteiger partial charge in [-0.2, -0.15) is 0 Å². The third kappa shape index (κ3) is 3.33. The van der Waals surface area contributed by atoms with Gasteiger partial charge in [0, 0.05) is 18.3 Å². The number of pyridine rings is 1. The lowest BCUT2D eigenvalue weighted by atomic mass is 10.1. The summed E-state index contributed by atoms with van der Waals surface area (Å²) in [5.74, 6) is 0. The van der Waals surface area contributed by atoms with E-state index in [1.807, 2.05) is 30.5 Å². The van der Waals surface area contributed by atoms with Crippen LogP contribution in [-0.4, -0.2) is 4.98 Å². The summed E-state index contributed by atoms with van der Waals surface area (Å²) in [5, 5.41) is 0. The van der Waals surface area contributed by atoms with E-state index >= 15 is 0 Å². The van der Waals surface area contributed by atoms with Gasteiger partial charge in [-0.15, -0.1) is 6.58 Å². The summed E-state index contributed by atoms with van der Waals surface area (Å²) < 4.78 is 0. The smallest absolute Gasteiger partial charge is 0.0441 e. The molecule has 0 amide bonds. The fourth-order valence-corrected chi connectivity index (χ4v) is 1.01. The molecule has 0 aliphatic rings. The highest BCUT2D eigenvalue weighted by Crippen LogP contribution is 2.05. The van der Waals surface area contributed by atoms with Gasteiger partial charge in [-0.3, -0.25) is 4.98 Å². The second-order valence-electron chi connectivity index (χ2n) is 2.68. The summed E-state index contributed by atoms with van der Waals surface area (Å²) in [6.45, 7) is 3.68. The quantitative estimate of drug-likeness (QED) is 0.476. The number of unbranched alkanes of at least 4 members (excludes halogenated alkanes) is 2. The Morgan fingerprint density at radius 1 is 1.33 bits per heavy atom. The monoisotopic (exact) mass is 160 g/mol. The Bertz CT molecular complexity index is 216. The predicted molar refractivity (Wildman–Crippen MR) is 51.7 cm³/mol. The van der Waals surface area contributed by atoms with E-state index in [1.165, 1.54) is 6.42 Å². The van der Waals surface area contributed by atoms with E-state index in [4.69, 9.17) is 0 Å². The van der Waals surface area contributed by atoms with Crippen molar-refractivity contribution in [3.05, 3.63) is 49.2 Å². The summed E-state index contributed by atoms with van der Waals surface area (Å²) in [6, 6.07) is 5.96. The van der Waals surface area contributed by atoms with Gasteiger partial charge in [0.15, 0.2) is 0 Å². The van der Waals surface area contributed by atoms with Crippen molar-refractivity contribution in [3.8, 4) is 0 Å². The molecule has 0 fully saturated rings. The first kappa shape index (κ1) is 8.98. The van der Waals surface area contributed by atoms with Crippen molar-refractivity contribution in [2.45, 2.75) is 19.3 Å². The molecule has 12 heavy (non-hydrogen) atoms. The molecule has 0 saturated carbocycles. The zero-order valence-electron chi connectivity index (χ0n) is 7.24. The van der Waals surface area contributed by atoms with Gasteiger partial charge in [0.1, 0.15) is 0 Å². The van der Waals surface area contributed by atoms with E-state index < -0.39 is 0 Å². The lowest BCUT2D eigenvalue weighted by molar-refractivity contribution is 0.831. The maximum absolute atomic E-state index is 4.19. The van der Waals surface area contributed by atoms with Crippen LogP contribution in [0.15, 0.2) is 37.1 Å². The van der Waals surface area contributed by atoms with Crippen molar-refractivity contribution in [1.29, 1.82) is 0 Å². The average Bonchev–Trinajstić information content (AvgIpc) is 2.14. The number of allylic oxidation sites excluding steroid dienone is 1. The Balaban J connectivity index is 2.20. The van der Waals surface area contributed by atoms with Crippen molar-refractivity contribution in [1.82, 2.24) is 4.98 Å². The van der Waals surface area contributed by atoms with Gasteiger partial charge in [0.05, 0.1) is 0 Å². The molecule has 0 unspecified atom stereocenters. The molecular weight excluding hydrogens is 146 g/mol. The van der Waals surface area contributed by atoms with Crippen LogP contribution in [0.25, 0.3) is 0 Å². The first-order chi connectivity index (χ1) is 5.93. The fourth-order valence-electron chi connectivity index (χ4n) is 1.01. The second-order valence-corrected chi connectivity index (χ2v) is 2.68. The van der Waals surface area contributed by atoms with Crippen molar-refractivity contribution >= 4 is 0 Å². The van der Waals surface area contributed by atoms with Crippen LogP contribution < -0.4 is 0 Å². The molecule has 1 aromatic rings. The maximum Gasteiger partial charge on any atom is 0.0441 e. The highest BCUT2D eigenvalue weighted by molar-refractivity contribution is 5.12. The van der Waals surface area contributed by atoms with Crippen molar-refractivity contribution in [3.63, 3.8) is 0 Å². The molecule has 1 heteroatoms. The number of aromatic nitrogens is 1. The molecule has 0 atom stereocenters. The standard InChI is InChI=1S/C11H14N/c1-2-3-4-5-8-11-9-6-7-10-12-11/h2,6-10H,1,3-5H2. The van der Waals surface area contributed by atoms with Crippen LogP contribution in [0.2, 0.25) is 0 Å². The Hall–Kier alpha value is -1.11. The zero-order valence-corrected chi connectivity index (χ0v) is 7.24. The molecule has 0 aliphatic carbocycles. The van der Waals surface area contributed by atoms with E-state index in [-0.39, 0.29) is 0 Å². The normalized spacial score (nSPS) is 9.67. The van der Waals surface area contributed by atoms with Crippen molar-refractivity contribution in [2.75, 3.05) is 0 Å². The van der Waals surface area contributed by atoms with Gasteiger partial charge in [0.2, 0.25) is 0 Å². The minimum atomic E-state index is 1.07. The molecule has 63 valence electrons. The van der Waals surface area contributed by atoms with Crippen LogP contribution in [0.3, 0.4) is 0 Å². The molecule has 0 aliphatic heterocycles. The molecule has 1 rings (SSSR count). The topological polar surface area (TPSA) is 12.9 Å². The Labute approximate surface area is 74.2 Å². The SMILES string of the molecule is C=CCCC[CH]c1ccccn1. The number of nitrogens with zero attached hydrogens (tertiary/aromatic N) is 1. The first-order valence-electron chi connectivity index (χ1n) is 4.28.